The topological polar surface area (TPSA) is 37.4 Å². The molecule has 0 amide bonds. The highest BCUT2D eigenvalue weighted by atomic mass is 32.2. The Bertz CT molecular complexity index is 298. The van der Waals surface area contributed by atoms with Gasteiger partial charge in [-0.1, -0.05) is 12.8 Å². The highest BCUT2D eigenvalue weighted by molar-refractivity contribution is 7.89. The average molecular weight is 221 g/mol. The lowest BCUT2D eigenvalue weighted by Gasteiger charge is -2.20. The van der Waals surface area contributed by atoms with Gasteiger partial charge < -0.3 is 0 Å². The van der Waals surface area contributed by atoms with Crippen molar-refractivity contribution in [2.75, 3.05) is 13.1 Å². The van der Waals surface area contributed by atoms with Gasteiger partial charge in [0.15, 0.2) is 0 Å². The van der Waals surface area contributed by atoms with Crippen molar-refractivity contribution in [2.45, 2.75) is 43.5 Å². The lowest BCUT2D eigenvalue weighted by molar-refractivity contribution is 0.342. The number of sulfonamides is 1. The smallest absolute Gasteiger partial charge is 0.217 e. The number of halogens is 1. The summed E-state index contributed by atoms with van der Waals surface area (Å²) in [6, 6.07) is 0. The van der Waals surface area contributed by atoms with Crippen LogP contribution in [0.25, 0.3) is 0 Å². The molecule has 0 unspecified atom stereocenters. The fraction of sp³-hybridized carbons (Fsp3) is 1.00. The molecule has 14 heavy (non-hydrogen) atoms. The molecule has 1 saturated carbocycles. The van der Waals surface area contributed by atoms with Crippen LogP contribution in [0.15, 0.2) is 0 Å². The molecule has 2 rings (SSSR count). The molecule has 3 nitrogen and oxygen atoms in total. The molecule has 1 saturated heterocycles. The number of alkyl halides is 1. The largest absolute Gasteiger partial charge is 0.246 e. The van der Waals surface area contributed by atoms with E-state index in [0.717, 1.165) is 25.7 Å². The van der Waals surface area contributed by atoms with Crippen LogP contribution in [-0.4, -0.2) is 37.2 Å². The Kier molecular flexibility index (Phi) is 2.79. The minimum atomic E-state index is -3.18. The van der Waals surface area contributed by atoms with Crippen molar-refractivity contribution >= 4 is 10.0 Å². The Hall–Kier alpha value is -0.160. The van der Waals surface area contributed by atoms with Crippen molar-refractivity contribution < 1.29 is 12.8 Å². The summed E-state index contributed by atoms with van der Waals surface area (Å²) in [7, 11) is -3.18. The van der Waals surface area contributed by atoms with Gasteiger partial charge in [-0.25, -0.2) is 12.8 Å². The molecule has 1 aliphatic carbocycles. The van der Waals surface area contributed by atoms with E-state index < -0.39 is 16.2 Å². The third-order valence-electron chi connectivity index (χ3n) is 3.18. The summed E-state index contributed by atoms with van der Waals surface area (Å²) in [5, 5.41) is -0.229. The lowest BCUT2D eigenvalue weighted by atomic mass is 10.4. The van der Waals surface area contributed by atoms with Crippen LogP contribution in [0.5, 0.6) is 0 Å². The van der Waals surface area contributed by atoms with E-state index >= 15 is 0 Å². The first kappa shape index (κ1) is 10.4. The van der Waals surface area contributed by atoms with Crippen LogP contribution in [-0.2, 0) is 10.0 Å². The summed E-state index contributed by atoms with van der Waals surface area (Å²) >= 11 is 0. The number of nitrogens with zero attached hydrogens (tertiary/aromatic N) is 1. The van der Waals surface area contributed by atoms with Crippen molar-refractivity contribution in [3.8, 4) is 0 Å². The van der Waals surface area contributed by atoms with Gasteiger partial charge in [-0.15, -0.1) is 0 Å². The van der Waals surface area contributed by atoms with E-state index in [9.17, 15) is 12.8 Å². The molecule has 0 N–H and O–H groups in total. The highest BCUT2D eigenvalue weighted by Crippen LogP contribution is 2.29. The predicted molar refractivity (Wildman–Crippen MR) is 52.3 cm³/mol. The Morgan fingerprint density at radius 3 is 2.29 bits per heavy atom. The predicted octanol–water partition coefficient (Wildman–Crippen LogP) is 1.30. The second-order valence-electron chi connectivity index (χ2n) is 4.20. The number of rotatable bonds is 2. The van der Waals surface area contributed by atoms with Gasteiger partial charge in [0.05, 0.1) is 5.25 Å². The maximum atomic E-state index is 12.9. The van der Waals surface area contributed by atoms with Crippen LogP contribution in [0.4, 0.5) is 4.39 Å². The number of hydrogen-bond acceptors (Lipinski definition) is 2. The maximum Gasteiger partial charge on any atom is 0.217 e. The van der Waals surface area contributed by atoms with Crippen LogP contribution < -0.4 is 0 Å². The first-order chi connectivity index (χ1) is 6.60. The molecular weight excluding hydrogens is 205 g/mol. The SMILES string of the molecule is O=S(=O)(C1CCCC1)N1CC[C@H](F)C1. The fourth-order valence-corrected chi connectivity index (χ4v) is 4.40. The summed E-state index contributed by atoms with van der Waals surface area (Å²) in [6.45, 7) is 0.457. The van der Waals surface area contributed by atoms with Crippen LogP contribution in [0.3, 0.4) is 0 Å². The Balaban J connectivity index is 2.07. The fourth-order valence-electron chi connectivity index (χ4n) is 2.32. The molecular formula is C9H16FNO2S. The van der Waals surface area contributed by atoms with Gasteiger partial charge in [0.25, 0.3) is 0 Å². The molecule has 1 aliphatic heterocycles. The molecule has 1 heterocycles. The van der Waals surface area contributed by atoms with E-state index in [0.29, 0.717) is 13.0 Å². The summed E-state index contributed by atoms with van der Waals surface area (Å²) in [6.07, 6.45) is 2.93. The molecule has 82 valence electrons. The summed E-state index contributed by atoms with van der Waals surface area (Å²) in [4.78, 5) is 0. The molecule has 0 spiro atoms. The van der Waals surface area contributed by atoms with E-state index in [1.807, 2.05) is 0 Å². The number of hydrogen-bond donors (Lipinski definition) is 0. The van der Waals surface area contributed by atoms with E-state index in [2.05, 4.69) is 0 Å². The highest BCUT2D eigenvalue weighted by Gasteiger charge is 2.37. The van der Waals surface area contributed by atoms with Crippen molar-refractivity contribution in [3.63, 3.8) is 0 Å². The quantitative estimate of drug-likeness (QED) is 0.705. The molecule has 2 aliphatic rings. The monoisotopic (exact) mass is 221 g/mol. The summed E-state index contributed by atoms with van der Waals surface area (Å²) in [5.41, 5.74) is 0. The van der Waals surface area contributed by atoms with Gasteiger partial charge in [-0.05, 0) is 19.3 Å². The third kappa shape index (κ3) is 1.80. The van der Waals surface area contributed by atoms with Crippen molar-refractivity contribution in [3.05, 3.63) is 0 Å². The second kappa shape index (κ2) is 3.77. The molecule has 0 aromatic heterocycles. The lowest BCUT2D eigenvalue weighted by Crippen LogP contribution is -2.36. The molecule has 1 atom stereocenters. The van der Waals surface area contributed by atoms with E-state index in [-0.39, 0.29) is 11.8 Å². The normalized spacial score (nSPS) is 31.4. The minimum absolute atomic E-state index is 0.0822. The van der Waals surface area contributed by atoms with E-state index in [1.54, 1.807) is 0 Å². The third-order valence-corrected chi connectivity index (χ3v) is 5.54. The van der Waals surface area contributed by atoms with E-state index in [1.165, 1.54) is 4.31 Å². The summed E-state index contributed by atoms with van der Waals surface area (Å²) in [5.74, 6) is 0. The molecule has 5 heteroatoms. The standard InChI is InChI=1S/C9H16FNO2S/c10-8-5-6-11(7-8)14(12,13)9-3-1-2-4-9/h8-9H,1-7H2/t8-/m0/s1. The zero-order valence-electron chi connectivity index (χ0n) is 8.15. The zero-order chi connectivity index (χ0) is 10.2. The van der Waals surface area contributed by atoms with Crippen molar-refractivity contribution in [1.82, 2.24) is 4.31 Å². The Labute approximate surface area is 84.3 Å². The molecule has 0 aromatic rings. The molecule has 0 aromatic carbocycles. The average Bonchev–Trinajstić information content (AvgIpc) is 2.72. The van der Waals surface area contributed by atoms with Crippen molar-refractivity contribution in [1.29, 1.82) is 0 Å². The first-order valence-electron chi connectivity index (χ1n) is 5.24. The van der Waals surface area contributed by atoms with Gasteiger partial charge >= 0.3 is 0 Å². The van der Waals surface area contributed by atoms with Crippen LogP contribution in [0.2, 0.25) is 0 Å². The summed E-state index contributed by atoms with van der Waals surface area (Å²) < 4.78 is 38.1. The maximum absolute atomic E-state index is 12.9. The van der Waals surface area contributed by atoms with Gasteiger partial charge in [0.2, 0.25) is 10.0 Å². The van der Waals surface area contributed by atoms with E-state index in [4.69, 9.17) is 0 Å². The van der Waals surface area contributed by atoms with Gasteiger partial charge in [-0.2, -0.15) is 4.31 Å². The molecule has 0 radical (unpaired) electrons. The van der Waals surface area contributed by atoms with Crippen molar-refractivity contribution in [2.24, 2.45) is 0 Å². The van der Waals surface area contributed by atoms with Crippen LogP contribution in [0, 0.1) is 0 Å². The van der Waals surface area contributed by atoms with Crippen LogP contribution in [0.1, 0.15) is 32.1 Å². The molecule has 0 bridgehead atoms. The van der Waals surface area contributed by atoms with Gasteiger partial charge in [0, 0.05) is 13.1 Å². The van der Waals surface area contributed by atoms with Gasteiger partial charge in [0.1, 0.15) is 6.17 Å². The zero-order valence-corrected chi connectivity index (χ0v) is 8.97. The second-order valence-corrected chi connectivity index (χ2v) is 6.41. The first-order valence-corrected chi connectivity index (χ1v) is 6.74. The Morgan fingerprint density at radius 1 is 1.14 bits per heavy atom. The van der Waals surface area contributed by atoms with Crippen LogP contribution >= 0.6 is 0 Å². The Morgan fingerprint density at radius 2 is 1.79 bits per heavy atom. The van der Waals surface area contributed by atoms with Gasteiger partial charge in [-0.3, -0.25) is 0 Å². The minimum Gasteiger partial charge on any atom is -0.246 e. The molecule has 2 fully saturated rings.